The molecule has 2 rings (SSSR count). The molecule has 0 aliphatic carbocycles. The van der Waals surface area contributed by atoms with Crippen LogP contribution >= 0.6 is 0 Å². The van der Waals surface area contributed by atoms with Crippen molar-refractivity contribution < 1.29 is 9.59 Å². The quantitative estimate of drug-likeness (QED) is 0.739. The average molecular weight is 310 g/mol. The molecular formula is C19H22N2O2. The van der Waals surface area contributed by atoms with Gasteiger partial charge in [0.1, 0.15) is 0 Å². The lowest BCUT2D eigenvalue weighted by molar-refractivity contribution is -0.129. The van der Waals surface area contributed by atoms with Crippen molar-refractivity contribution in [2.75, 3.05) is 13.6 Å². The molecule has 1 aromatic heterocycles. The Balaban J connectivity index is 1.77. The molecule has 0 saturated heterocycles. The molecule has 2 aromatic rings. The third-order valence-electron chi connectivity index (χ3n) is 3.85. The second-order valence-electron chi connectivity index (χ2n) is 5.71. The van der Waals surface area contributed by atoms with Gasteiger partial charge in [0, 0.05) is 44.4 Å². The Labute approximate surface area is 137 Å². The molecule has 0 bridgehead atoms. The van der Waals surface area contributed by atoms with Crippen molar-refractivity contribution >= 4 is 11.7 Å². The van der Waals surface area contributed by atoms with Gasteiger partial charge in [-0.05, 0) is 31.0 Å². The molecule has 120 valence electrons. The Kier molecular flexibility index (Phi) is 6.03. The molecule has 4 heteroatoms. The zero-order valence-corrected chi connectivity index (χ0v) is 13.7. The summed E-state index contributed by atoms with van der Waals surface area (Å²) in [5, 5.41) is 0. The second kappa shape index (κ2) is 8.22. The Bertz CT molecular complexity index is 651. The van der Waals surface area contributed by atoms with Crippen molar-refractivity contribution in [1.82, 2.24) is 9.88 Å². The predicted molar refractivity (Wildman–Crippen MR) is 90.3 cm³/mol. The van der Waals surface area contributed by atoms with Crippen LogP contribution in [-0.2, 0) is 11.2 Å². The molecule has 23 heavy (non-hydrogen) atoms. The van der Waals surface area contributed by atoms with Gasteiger partial charge in [-0.15, -0.1) is 0 Å². The summed E-state index contributed by atoms with van der Waals surface area (Å²) in [7, 11) is 1.78. The summed E-state index contributed by atoms with van der Waals surface area (Å²) < 4.78 is 0. The fraction of sp³-hybridized carbons (Fsp3) is 0.316. The Morgan fingerprint density at radius 3 is 2.30 bits per heavy atom. The molecule has 1 heterocycles. The van der Waals surface area contributed by atoms with Gasteiger partial charge in [-0.25, -0.2) is 0 Å². The molecule has 4 nitrogen and oxygen atoms in total. The highest BCUT2D eigenvalue weighted by molar-refractivity contribution is 5.97. The Hall–Kier alpha value is -2.49. The molecule has 0 N–H and O–H groups in total. The average Bonchev–Trinajstić information content (AvgIpc) is 2.58. The number of nitrogens with zero attached hydrogens (tertiary/aromatic N) is 2. The summed E-state index contributed by atoms with van der Waals surface area (Å²) in [5.74, 6) is 0.0143. The van der Waals surface area contributed by atoms with Crippen LogP contribution in [0.1, 0.15) is 34.3 Å². The number of rotatable bonds is 7. The van der Waals surface area contributed by atoms with E-state index in [1.807, 2.05) is 43.3 Å². The first kappa shape index (κ1) is 16.9. The highest BCUT2D eigenvalue weighted by Crippen LogP contribution is 2.09. The second-order valence-corrected chi connectivity index (χ2v) is 5.71. The van der Waals surface area contributed by atoms with Gasteiger partial charge < -0.3 is 4.90 Å². The molecule has 0 atom stereocenters. The van der Waals surface area contributed by atoms with Crippen molar-refractivity contribution in [2.24, 2.45) is 0 Å². The largest absolute Gasteiger partial charge is 0.345 e. The third kappa shape index (κ3) is 5.33. The van der Waals surface area contributed by atoms with E-state index in [0.717, 1.165) is 17.5 Å². The van der Waals surface area contributed by atoms with E-state index in [4.69, 9.17) is 0 Å². The number of carbonyl (C=O) groups is 2. The van der Waals surface area contributed by atoms with E-state index < -0.39 is 0 Å². The molecule has 0 spiro atoms. The van der Waals surface area contributed by atoms with Crippen LogP contribution < -0.4 is 0 Å². The van der Waals surface area contributed by atoms with Crippen LogP contribution in [0.5, 0.6) is 0 Å². The van der Waals surface area contributed by atoms with E-state index in [-0.39, 0.29) is 24.5 Å². The number of ketones is 1. The monoisotopic (exact) mass is 310 g/mol. The number of hydrogen-bond acceptors (Lipinski definition) is 3. The van der Waals surface area contributed by atoms with Crippen molar-refractivity contribution in [3.05, 3.63) is 65.5 Å². The standard InChI is InChI=1S/C19H22N2O2/c1-15-3-5-17(6-4-15)18(22)7-8-19(23)21(2)14-11-16-9-12-20-13-10-16/h3-6,9-10,12-13H,7-8,11,14H2,1-2H3. The van der Waals surface area contributed by atoms with Gasteiger partial charge in [-0.2, -0.15) is 0 Å². The maximum atomic E-state index is 12.1. The van der Waals surface area contributed by atoms with Gasteiger partial charge in [0.05, 0.1) is 0 Å². The number of hydrogen-bond donors (Lipinski definition) is 0. The van der Waals surface area contributed by atoms with Crippen molar-refractivity contribution in [3.63, 3.8) is 0 Å². The summed E-state index contributed by atoms with van der Waals surface area (Å²) in [4.78, 5) is 29.9. The minimum atomic E-state index is -0.000446. The summed E-state index contributed by atoms with van der Waals surface area (Å²) in [6.45, 7) is 2.62. The van der Waals surface area contributed by atoms with Crippen LogP contribution in [0.15, 0.2) is 48.8 Å². The number of aromatic nitrogens is 1. The van der Waals surface area contributed by atoms with E-state index in [2.05, 4.69) is 4.98 Å². The number of pyridine rings is 1. The van der Waals surface area contributed by atoms with Gasteiger partial charge in [-0.3, -0.25) is 14.6 Å². The number of likely N-dealkylation sites (N-methyl/N-ethyl adjacent to an activating group) is 1. The van der Waals surface area contributed by atoms with E-state index in [1.165, 1.54) is 0 Å². The summed E-state index contributed by atoms with van der Waals surface area (Å²) in [5.41, 5.74) is 2.94. The maximum Gasteiger partial charge on any atom is 0.222 e. The van der Waals surface area contributed by atoms with Crippen molar-refractivity contribution in [3.8, 4) is 0 Å². The van der Waals surface area contributed by atoms with Gasteiger partial charge in [-0.1, -0.05) is 29.8 Å². The summed E-state index contributed by atoms with van der Waals surface area (Å²) in [6, 6.07) is 11.3. The third-order valence-corrected chi connectivity index (χ3v) is 3.85. The SMILES string of the molecule is Cc1ccc(C(=O)CCC(=O)N(C)CCc2ccncc2)cc1. The van der Waals surface area contributed by atoms with E-state index in [9.17, 15) is 9.59 Å². The minimum Gasteiger partial charge on any atom is -0.345 e. The molecule has 1 amide bonds. The van der Waals surface area contributed by atoms with E-state index in [0.29, 0.717) is 12.1 Å². The molecule has 1 aromatic carbocycles. The molecule has 0 radical (unpaired) electrons. The highest BCUT2D eigenvalue weighted by Gasteiger charge is 2.12. The van der Waals surface area contributed by atoms with E-state index in [1.54, 1.807) is 24.3 Å². The first-order chi connectivity index (χ1) is 11.1. The number of amides is 1. The van der Waals surface area contributed by atoms with Gasteiger partial charge >= 0.3 is 0 Å². The summed E-state index contributed by atoms with van der Waals surface area (Å²) >= 11 is 0. The number of aryl methyl sites for hydroxylation is 1. The van der Waals surface area contributed by atoms with Crippen LogP contribution in [-0.4, -0.2) is 35.2 Å². The molecule has 0 aliphatic rings. The van der Waals surface area contributed by atoms with Crippen LogP contribution in [0.4, 0.5) is 0 Å². The van der Waals surface area contributed by atoms with Crippen molar-refractivity contribution in [2.45, 2.75) is 26.2 Å². The molecule has 0 saturated carbocycles. The van der Waals surface area contributed by atoms with Crippen LogP contribution in [0.2, 0.25) is 0 Å². The maximum absolute atomic E-state index is 12.1. The predicted octanol–water partition coefficient (Wildman–Crippen LogP) is 3.05. The fourth-order valence-corrected chi connectivity index (χ4v) is 2.27. The molecule has 0 fully saturated rings. The first-order valence-electron chi connectivity index (χ1n) is 7.79. The van der Waals surface area contributed by atoms with Crippen LogP contribution in [0, 0.1) is 6.92 Å². The Morgan fingerprint density at radius 2 is 1.65 bits per heavy atom. The lowest BCUT2D eigenvalue weighted by atomic mass is 10.0. The highest BCUT2D eigenvalue weighted by atomic mass is 16.2. The van der Waals surface area contributed by atoms with Crippen LogP contribution in [0.25, 0.3) is 0 Å². The number of carbonyl (C=O) groups excluding carboxylic acids is 2. The molecule has 0 unspecified atom stereocenters. The van der Waals surface area contributed by atoms with Gasteiger partial charge in [0.25, 0.3) is 0 Å². The summed E-state index contributed by atoms with van der Waals surface area (Å²) in [6.07, 6.45) is 4.78. The molecule has 0 aliphatic heterocycles. The lowest BCUT2D eigenvalue weighted by Gasteiger charge is -2.17. The smallest absolute Gasteiger partial charge is 0.222 e. The lowest BCUT2D eigenvalue weighted by Crippen LogP contribution is -2.29. The molecular weight excluding hydrogens is 288 g/mol. The Morgan fingerprint density at radius 1 is 1.00 bits per heavy atom. The van der Waals surface area contributed by atoms with E-state index >= 15 is 0 Å². The van der Waals surface area contributed by atoms with Gasteiger partial charge in [0.2, 0.25) is 5.91 Å². The van der Waals surface area contributed by atoms with Crippen LogP contribution in [0.3, 0.4) is 0 Å². The number of benzene rings is 1. The zero-order chi connectivity index (χ0) is 16.7. The topological polar surface area (TPSA) is 50.3 Å². The fourth-order valence-electron chi connectivity index (χ4n) is 2.27. The minimum absolute atomic E-state index is 0.000446. The van der Waals surface area contributed by atoms with Gasteiger partial charge in [0.15, 0.2) is 5.78 Å². The normalized spacial score (nSPS) is 10.3. The zero-order valence-electron chi connectivity index (χ0n) is 13.7. The first-order valence-corrected chi connectivity index (χ1v) is 7.79. The number of Topliss-reactive ketones (excluding diaryl/α,β-unsaturated/α-hetero) is 1. The van der Waals surface area contributed by atoms with Crippen molar-refractivity contribution in [1.29, 1.82) is 0 Å².